The van der Waals surface area contributed by atoms with Gasteiger partial charge in [-0.2, -0.15) is 0 Å². The van der Waals surface area contributed by atoms with Gasteiger partial charge in [-0.1, -0.05) is 26.0 Å². The van der Waals surface area contributed by atoms with Gasteiger partial charge in [-0.15, -0.1) is 0 Å². The zero-order valence-corrected chi connectivity index (χ0v) is 11.5. The number of carbonyl (C=O) groups excluding carboxylic acids is 1. The number of hydrogen-bond acceptors (Lipinski definition) is 3. The van der Waals surface area contributed by atoms with Crippen molar-refractivity contribution in [3.63, 3.8) is 0 Å². The third kappa shape index (κ3) is 5.71. The number of carbonyl (C=O) groups is 1. The van der Waals surface area contributed by atoms with Gasteiger partial charge in [0.2, 0.25) is 0 Å². The van der Waals surface area contributed by atoms with Gasteiger partial charge in [0, 0.05) is 12.1 Å². The maximum atomic E-state index is 11.6. The van der Waals surface area contributed by atoms with Crippen LogP contribution in [0.5, 0.6) is 0 Å². The van der Waals surface area contributed by atoms with Crippen molar-refractivity contribution in [3.05, 3.63) is 29.8 Å². The molecule has 3 nitrogen and oxygen atoms in total. The van der Waals surface area contributed by atoms with Crippen LogP contribution < -0.4 is 5.73 Å². The van der Waals surface area contributed by atoms with Crippen molar-refractivity contribution in [2.45, 2.75) is 46.1 Å². The van der Waals surface area contributed by atoms with Gasteiger partial charge in [0.1, 0.15) is 0 Å². The van der Waals surface area contributed by atoms with Crippen LogP contribution in [0.25, 0.3) is 0 Å². The topological polar surface area (TPSA) is 52.3 Å². The second-order valence-electron chi connectivity index (χ2n) is 5.17. The molecule has 1 aromatic rings. The largest absolute Gasteiger partial charge is 0.463 e. The lowest BCUT2D eigenvalue weighted by Gasteiger charge is -2.15. The number of nitrogen functional groups attached to an aromatic ring is 1. The molecule has 0 amide bonds. The SMILES string of the molecule is CC(C)CC(C)OC(=O)CCc1ccc(N)cc1. The van der Waals surface area contributed by atoms with E-state index in [4.69, 9.17) is 10.5 Å². The molecule has 0 saturated heterocycles. The Morgan fingerprint density at radius 1 is 1.22 bits per heavy atom. The second-order valence-corrected chi connectivity index (χ2v) is 5.17. The lowest BCUT2D eigenvalue weighted by atomic mass is 10.1. The number of ether oxygens (including phenoxy) is 1. The first-order valence-corrected chi connectivity index (χ1v) is 6.51. The number of rotatable bonds is 6. The highest BCUT2D eigenvalue weighted by Gasteiger charge is 2.11. The van der Waals surface area contributed by atoms with Crippen LogP contribution in [0.4, 0.5) is 5.69 Å². The molecule has 0 saturated carbocycles. The quantitative estimate of drug-likeness (QED) is 0.622. The van der Waals surface area contributed by atoms with Crippen molar-refractivity contribution in [2.24, 2.45) is 5.92 Å². The second kappa shape index (κ2) is 7.04. The van der Waals surface area contributed by atoms with Crippen LogP contribution in [-0.2, 0) is 16.0 Å². The number of esters is 1. The summed E-state index contributed by atoms with van der Waals surface area (Å²) in [6.45, 7) is 6.19. The molecule has 100 valence electrons. The zero-order valence-electron chi connectivity index (χ0n) is 11.5. The Kier molecular flexibility index (Phi) is 5.69. The summed E-state index contributed by atoms with van der Waals surface area (Å²) in [5.74, 6) is 0.421. The van der Waals surface area contributed by atoms with Crippen LogP contribution in [0.1, 0.15) is 39.2 Å². The molecule has 0 aliphatic rings. The first-order chi connectivity index (χ1) is 8.47. The molecule has 1 rings (SSSR count). The molecule has 3 heteroatoms. The van der Waals surface area contributed by atoms with Gasteiger partial charge in [0.25, 0.3) is 0 Å². The number of hydrogen-bond donors (Lipinski definition) is 1. The molecular weight excluding hydrogens is 226 g/mol. The molecule has 0 aromatic heterocycles. The van der Waals surface area contributed by atoms with Crippen molar-refractivity contribution in [2.75, 3.05) is 5.73 Å². The minimum atomic E-state index is -0.125. The van der Waals surface area contributed by atoms with E-state index in [0.29, 0.717) is 18.8 Å². The Balaban J connectivity index is 2.30. The van der Waals surface area contributed by atoms with E-state index in [1.165, 1.54) is 0 Å². The zero-order chi connectivity index (χ0) is 13.5. The molecule has 1 atom stereocenters. The average molecular weight is 249 g/mol. The third-order valence-corrected chi connectivity index (χ3v) is 2.73. The van der Waals surface area contributed by atoms with Gasteiger partial charge in [-0.25, -0.2) is 0 Å². The molecule has 1 aromatic carbocycles. The van der Waals surface area contributed by atoms with Crippen molar-refractivity contribution in [1.29, 1.82) is 0 Å². The molecular formula is C15H23NO2. The lowest BCUT2D eigenvalue weighted by Crippen LogP contribution is -2.17. The number of anilines is 1. The highest BCUT2D eigenvalue weighted by molar-refractivity contribution is 5.69. The van der Waals surface area contributed by atoms with Crippen LogP contribution >= 0.6 is 0 Å². The molecule has 0 aliphatic heterocycles. The summed E-state index contributed by atoms with van der Waals surface area (Å²) in [5, 5.41) is 0. The fourth-order valence-electron chi connectivity index (χ4n) is 1.93. The molecule has 2 N–H and O–H groups in total. The van der Waals surface area contributed by atoms with E-state index >= 15 is 0 Å². The summed E-state index contributed by atoms with van der Waals surface area (Å²) in [7, 11) is 0. The fourth-order valence-corrected chi connectivity index (χ4v) is 1.93. The van der Waals surface area contributed by atoms with Crippen LogP contribution in [0.2, 0.25) is 0 Å². The fraction of sp³-hybridized carbons (Fsp3) is 0.533. The summed E-state index contributed by atoms with van der Waals surface area (Å²) in [5.41, 5.74) is 7.45. The van der Waals surface area contributed by atoms with Gasteiger partial charge in [0.05, 0.1) is 6.10 Å². The predicted molar refractivity (Wildman–Crippen MR) is 74.2 cm³/mol. The van der Waals surface area contributed by atoms with E-state index in [1.807, 2.05) is 31.2 Å². The number of aryl methyl sites for hydroxylation is 1. The summed E-state index contributed by atoms with van der Waals surface area (Å²) in [6, 6.07) is 7.59. The Labute approximate surface area is 109 Å². The molecule has 18 heavy (non-hydrogen) atoms. The molecule has 0 fully saturated rings. The van der Waals surface area contributed by atoms with E-state index in [0.717, 1.165) is 17.7 Å². The Morgan fingerprint density at radius 3 is 2.39 bits per heavy atom. The molecule has 0 radical (unpaired) electrons. The molecule has 0 spiro atoms. The van der Waals surface area contributed by atoms with Crippen molar-refractivity contribution >= 4 is 11.7 Å². The van der Waals surface area contributed by atoms with Crippen LogP contribution in [-0.4, -0.2) is 12.1 Å². The van der Waals surface area contributed by atoms with Gasteiger partial charge in [0.15, 0.2) is 0 Å². The highest BCUT2D eigenvalue weighted by Crippen LogP contribution is 2.11. The first-order valence-electron chi connectivity index (χ1n) is 6.51. The minimum Gasteiger partial charge on any atom is -0.463 e. The van der Waals surface area contributed by atoms with E-state index in [9.17, 15) is 4.79 Å². The number of benzene rings is 1. The van der Waals surface area contributed by atoms with Gasteiger partial charge in [-0.05, 0) is 43.4 Å². The van der Waals surface area contributed by atoms with Crippen LogP contribution in [0, 0.1) is 5.92 Å². The molecule has 1 unspecified atom stereocenters. The normalized spacial score (nSPS) is 12.4. The lowest BCUT2D eigenvalue weighted by molar-refractivity contribution is -0.148. The highest BCUT2D eigenvalue weighted by atomic mass is 16.5. The first kappa shape index (κ1) is 14.6. The molecule has 0 aliphatic carbocycles. The minimum absolute atomic E-state index is 0.00363. The summed E-state index contributed by atoms with van der Waals surface area (Å²) < 4.78 is 5.34. The van der Waals surface area contributed by atoms with E-state index in [2.05, 4.69) is 13.8 Å². The Hall–Kier alpha value is -1.51. The van der Waals surface area contributed by atoms with Crippen molar-refractivity contribution in [3.8, 4) is 0 Å². The summed E-state index contributed by atoms with van der Waals surface area (Å²) in [6.07, 6.45) is 2.04. The monoisotopic (exact) mass is 249 g/mol. The van der Waals surface area contributed by atoms with Crippen LogP contribution in [0.15, 0.2) is 24.3 Å². The van der Waals surface area contributed by atoms with Gasteiger partial charge in [-0.3, -0.25) is 4.79 Å². The smallest absolute Gasteiger partial charge is 0.306 e. The average Bonchev–Trinajstić information content (AvgIpc) is 2.27. The molecule has 0 bridgehead atoms. The molecule has 0 heterocycles. The summed E-state index contributed by atoms with van der Waals surface area (Å²) >= 11 is 0. The Bertz CT molecular complexity index is 371. The maximum Gasteiger partial charge on any atom is 0.306 e. The standard InChI is InChI=1S/C15H23NO2/c1-11(2)10-12(3)18-15(17)9-6-13-4-7-14(16)8-5-13/h4-5,7-8,11-12H,6,9-10,16H2,1-3H3. The van der Waals surface area contributed by atoms with E-state index in [-0.39, 0.29) is 12.1 Å². The van der Waals surface area contributed by atoms with Gasteiger partial charge < -0.3 is 10.5 Å². The third-order valence-electron chi connectivity index (χ3n) is 2.73. The van der Waals surface area contributed by atoms with E-state index in [1.54, 1.807) is 0 Å². The van der Waals surface area contributed by atoms with Crippen molar-refractivity contribution < 1.29 is 9.53 Å². The summed E-state index contributed by atoms with van der Waals surface area (Å²) in [4.78, 5) is 11.6. The number of nitrogens with two attached hydrogens (primary N) is 1. The Morgan fingerprint density at radius 2 is 1.83 bits per heavy atom. The van der Waals surface area contributed by atoms with E-state index < -0.39 is 0 Å². The van der Waals surface area contributed by atoms with Crippen molar-refractivity contribution in [1.82, 2.24) is 0 Å². The predicted octanol–water partition coefficient (Wildman–Crippen LogP) is 3.18. The maximum absolute atomic E-state index is 11.6. The van der Waals surface area contributed by atoms with Gasteiger partial charge >= 0.3 is 5.97 Å². The van der Waals surface area contributed by atoms with Crippen LogP contribution in [0.3, 0.4) is 0 Å².